The highest BCUT2D eigenvalue weighted by atomic mass is 19.3. The first-order valence-corrected chi connectivity index (χ1v) is 11.4. The van der Waals surface area contributed by atoms with Crippen molar-refractivity contribution in [3.8, 4) is 0 Å². The summed E-state index contributed by atoms with van der Waals surface area (Å²) in [7, 11) is -0.775. The fourth-order valence-electron chi connectivity index (χ4n) is 6.53. The molecule has 0 amide bonds. The SMILES string of the molecule is CC1(C)[C@@H]2CC[C@@]1(C)[C@]1(c3ccccc3)OB(CC(OCc3ccccc3)=C(F)F)O[C@H]21. The molecule has 32 heavy (non-hydrogen) atoms. The monoisotopic (exact) mass is 438 g/mol. The van der Waals surface area contributed by atoms with Gasteiger partial charge in [-0.3, -0.25) is 0 Å². The van der Waals surface area contributed by atoms with Crippen molar-refractivity contribution in [1.82, 2.24) is 0 Å². The Bertz CT molecular complexity index is 1010. The van der Waals surface area contributed by atoms with Crippen LogP contribution in [0.5, 0.6) is 0 Å². The number of halogens is 2. The summed E-state index contributed by atoms with van der Waals surface area (Å²) in [6, 6.07) is 19.5. The average molecular weight is 438 g/mol. The van der Waals surface area contributed by atoms with Crippen molar-refractivity contribution in [3.63, 3.8) is 0 Å². The van der Waals surface area contributed by atoms with E-state index in [4.69, 9.17) is 14.0 Å². The molecule has 0 unspecified atom stereocenters. The fourth-order valence-corrected chi connectivity index (χ4v) is 6.53. The predicted molar refractivity (Wildman–Crippen MR) is 120 cm³/mol. The molecule has 6 heteroatoms. The summed E-state index contributed by atoms with van der Waals surface area (Å²) < 4.78 is 46.2. The van der Waals surface area contributed by atoms with Crippen molar-refractivity contribution >= 4 is 7.12 Å². The summed E-state index contributed by atoms with van der Waals surface area (Å²) in [6.45, 7) is 6.96. The number of rotatable bonds is 6. The lowest BCUT2D eigenvalue weighted by molar-refractivity contribution is -0.0805. The van der Waals surface area contributed by atoms with Crippen molar-refractivity contribution in [2.45, 2.75) is 58.2 Å². The molecule has 2 aromatic rings. The summed E-state index contributed by atoms with van der Waals surface area (Å²) in [6.07, 6.45) is -0.0146. The number of hydrogen-bond donors (Lipinski definition) is 0. The molecule has 0 aromatic heterocycles. The van der Waals surface area contributed by atoms with Crippen LogP contribution in [0.15, 0.2) is 72.5 Å². The van der Waals surface area contributed by atoms with Crippen LogP contribution in [0.25, 0.3) is 0 Å². The minimum atomic E-state index is -1.83. The molecule has 4 atom stereocenters. The Morgan fingerprint density at radius 2 is 1.69 bits per heavy atom. The lowest BCUT2D eigenvalue weighted by Gasteiger charge is -2.48. The van der Waals surface area contributed by atoms with Gasteiger partial charge < -0.3 is 14.0 Å². The maximum atomic E-state index is 13.8. The number of fused-ring (bicyclic) bond motifs is 5. The van der Waals surface area contributed by atoms with Crippen LogP contribution >= 0.6 is 0 Å². The number of ether oxygens (including phenoxy) is 1. The lowest BCUT2D eigenvalue weighted by atomic mass is 9.61. The van der Waals surface area contributed by atoms with E-state index in [1.807, 2.05) is 48.5 Å². The van der Waals surface area contributed by atoms with Gasteiger partial charge in [0.25, 0.3) is 0 Å². The van der Waals surface area contributed by atoms with Crippen molar-refractivity contribution in [1.29, 1.82) is 0 Å². The van der Waals surface area contributed by atoms with E-state index < -0.39 is 18.8 Å². The van der Waals surface area contributed by atoms with Crippen LogP contribution in [0.4, 0.5) is 8.78 Å². The maximum absolute atomic E-state index is 13.8. The maximum Gasteiger partial charge on any atom is 0.466 e. The highest BCUT2D eigenvalue weighted by molar-refractivity contribution is 6.46. The molecule has 1 heterocycles. The number of allylic oxidation sites excluding steroid dienone is 1. The quantitative estimate of drug-likeness (QED) is 0.377. The van der Waals surface area contributed by atoms with Gasteiger partial charge in [0.2, 0.25) is 0 Å². The molecule has 5 rings (SSSR count). The van der Waals surface area contributed by atoms with E-state index in [0.29, 0.717) is 5.92 Å². The molecule has 168 valence electrons. The summed E-state index contributed by atoms with van der Waals surface area (Å²) in [5, 5.41) is 0. The van der Waals surface area contributed by atoms with Gasteiger partial charge in [0, 0.05) is 11.7 Å². The molecule has 2 bridgehead atoms. The molecule has 2 aliphatic carbocycles. The summed E-state index contributed by atoms with van der Waals surface area (Å²) in [5.41, 5.74) is 1.12. The predicted octanol–water partition coefficient (Wildman–Crippen LogP) is 6.57. The standard InChI is InChI=1S/C26H29BF2O3/c1-24(2)20-14-15-25(24,3)26(19-12-8-5-9-13-19)22(20)31-27(32-26)16-21(23(28)29)30-17-18-10-6-4-7-11-18/h4-13,20,22H,14-17H2,1-3H3/t20-,22-,25-,26-/m1/s1. The minimum absolute atomic E-state index is 0.0201. The summed E-state index contributed by atoms with van der Waals surface area (Å²) in [4.78, 5) is 0. The van der Waals surface area contributed by atoms with Crippen LogP contribution < -0.4 is 0 Å². The Morgan fingerprint density at radius 3 is 2.34 bits per heavy atom. The second-order valence-electron chi connectivity index (χ2n) is 10.1. The topological polar surface area (TPSA) is 27.7 Å². The van der Waals surface area contributed by atoms with Gasteiger partial charge in [-0.25, -0.2) is 0 Å². The molecule has 0 radical (unpaired) electrons. The number of benzene rings is 2. The highest BCUT2D eigenvalue weighted by Gasteiger charge is 2.78. The van der Waals surface area contributed by atoms with Crippen molar-refractivity contribution < 1.29 is 22.8 Å². The second-order valence-corrected chi connectivity index (χ2v) is 10.1. The van der Waals surface area contributed by atoms with Gasteiger partial charge in [-0.05, 0) is 35.3 Å². The molecule has 2 aromatic carbocycles. The Morgan fingerprint density at radius 1 is 1.03 bits per heavy atom. The minimum Gasteiger partial charge on any atom is -0.488 e. The largest absolute Gasteiger partial charge is 0.488 e. The zero-order valence-corrected chi connectivity index (χ0v) is 18.8. The first-order valence-electron chi connectivity index (χ1n) is 11.4. The van der Waals surface area contributed by atoms with Crippen LogP contribution in [0.3, 0.4) is 0 Å². The van der Waals surface area contributed by atoms with Crippen LogP contribution in [-0.2, 0) is 26.3 Å². The van der Waals surface area contributed by atoms with E-state index in [1.54, 1.807) is 0 Å². The van der Waals surface area contributed by atoms with Crippen LogP contribution in [0, 0.1) is 16.7 Å². The van der Waals surface area contributed by atoms with E-state index in [2.05, 4.69) is 32.9 Å². The van der Waals surface area contributed by atoms with E-state index in [1.165, 1.54) is 0 Å². The third kappa shape index (κ3) is 2.99. The third-order valence-electron chi connectivity index (χ3n) is 8.53. The zero-order valence-electron chi connectivity index (χ0n) is 18.8. The van der Waals surface area contributed by atoms with Crippen molar-refractivity contribution in [2.24, 2.45) is 16.7 Å². The Kier molecular flexibility index (Phi) is 5.21. The molecule has 2 saturated carbocycles. The molecule has 3 nitrogen and oxygen atoms in total. The first kappa shape index (κ1) is 21.7. The highest BCUT2D eigenvalue weighted by Crippen LogP contribution is 2.76. The number of hydrogen-bond acceptors (Lipinski definition) is 3. The van der Waals surface area contributed by atoms with Gasteiger partial charge in [-0.2, -0.15) is 8.78 Å². The molecule has 3 fully saturated rings. The normalized spacial score (nSPS) is 32.1. The molecule has 0 N–H and O–H groups in total. The van der Waals surface area contributed by atoms with E-state index in [9.17, 15) is 8.78 Å². The molecule has 1 saturated heterocycles. The Labute approximate surface area is 188 Å². The molecule has 0 spiro atoms. The van der Waals surface area contributed by atoms with Crippen molar-refractivity contribution in [3.05, 3.63) is 83.6 Å². The average Bonchev–Trinajstić information content (AvgIpc) is 3.33. The van der Waals surface area contributed by atoms with Gasteiger partial charge in [-0.15, -0.1) is 0 Å². The van der Waals surface area contributed by atoms with E-state index in [-0.39, 0.29) is 35.6 Å². The van der Waals surface area contributed by atoms with Crippen LogP contribution in [0.1, 0.15) is 44.7 Å². The van der Waals surface area contributed by atoms with Gasteiger partial charge in [0.1, 0.15) is 12.2 Å². The zero-order chi connectivity index (χ0) is 22.6. The van der Waals surface area contributed by atoms with E-state index >= 15 is 0 Å². The first-order chi connectivity index (χ1) is 15.3. The van der Waals surface area contributed by atoms with Gasteiger partial charge in [-0.1, -0.05) is 81.4 Å². The fraction of sp³-hybridized carbons (Fsp3) is 0.462. The molecule has 1 aliphatic heterocycles. The second kappa shape index (κ2) is 7.70. The van der Waals surface area contributed by atoms with Gasteiger partial charge >= 0.3 is 13.2 Å². The third-order valence-corrected chi connectivity index (χ3v) is 8.53. The smallest absolute Gasteiger partial charge is 0.466 e. The molecule has 3 aliphatic rings. The Hall–Kier alpha value is -2.18. The van der Waals surface area contributed by atoms with Gasteiger partial charge in [0.15, 0.2) is 5.76 Å². The van der Waals surface area contributed by atoms with Gasteiger partial charge in [0.05, 0.1) is 6.10 Å². The Balaban J connectivity index is 1.42. The van der Waals surface area contributed by atoms with Crippen LogP contribution in [-0.4, -0.2) is 13.2 Å². The lowest BCUT2D eigenvalue weighted by Crippen LogP contribution is -2.50. The van der Waals surface area contributed by atoms with E-state index in [0.717, 1.165) is 24.0 Å². The van der Waals surface area contributed by atoms with Crippen molar-refractivity contribution in [2.75, 3.05) is 0 Å². The van der Waals surface area contributed by atoms with Crippen LogP contribution in [0.2, 0.25) is 6.32 Å². The summed E-state index contributed by atoms with van der Waals surface area (Å²) >= 11 is 0. The summed E-state index contributed by atoms with van der Waals surface area (Å²) in [5.74, 6) is -0.0515. The molecular formula is C26H29BF2O3. The molecular weight excluding hydrogens is 409 g/mol.